The summed E-state index contributed by atoms with van der Waals surface area (Å²) in [5.41, 5.74) is -0.511. The van der Waals surface area contributed by atoms with E-state index in [1.165, 1.54) is 6.92 Å². The number of carbonyl (C=O) groups is 2. The largest absolute Gasteiger partial charge is 0.465 e. The van der Waals surface area contributed by atoms with Crippen molar-refractivity contribution in [1.82, 2.24) is 0 Å². The van der Waals surface area contributed by atoms with Gasteiger partial charge in [-0.1, -0.05) is 13.8 Å². The number of rotatable bonds is 5. The summed E-state index contributed by atoms with van der Waals surface area (Å²) in [6.07, 6.45) is 0.655. The fourth-order valence-corrected chi connectivity index (χ4v) is 1.40. The highest BCUT2D eigenvalue weighted by Gasteiger charge is 2.26. The second-order valence-electron chi connectivity index (χ2n) is 5.66. The molecule has 100 valence electrons. The molecule has 0 aromatic heterocycles. The fourth-order valence-electron chi connectivity index (χ4n) is 1.40. The van der Waals surface area contributed by atoms with E-state index < -0.39 is 5.60 Å². The minimum Gasteiger partial charge on any atom is -0.465 e. The van der Waals surface area contributed by atoms with Gasteiger partial charge in [-0.25, -0.2) is 0 Å². The van der Waals surface area contributed by atoms with E-state index in [9.17, 15) is 9.59 Å². The van der Waals surface area contributed by atoms with Crippen LogP contribution in [0.4, 0.5) is 0 Å². The first-order valence-electron chi connectivity index (χ1n) is 5.98. The Hall–Kier alpha value is -1.06. The lowest BCUT2D eigenvalue weighted by Gasteiger charge is -2.24. The van der Waals surface area contributed by atoms with Crippen molar-refractivity contribution >= 4 is 11.9 Å². The Bertz CT molecular complexity index is 263. The van der Waals surface area contributed by atoms with Gasteiger partial charge >= 0.3 is 11.9 Å². The second-order valence-corrected chi connectivity index (χ2v) is 5.66. The molecule has 0 aromatic carbocycles. The van der Waals surface area contributed by atoms with Crippen LogP contribution < -0.4 is 0 Å². The van der Waals surface area contributed by atoms with Gasteiger partial charge in [0.2, 0.25) is 0 Å². The monoisotopic (exact) mass is 244 g/mol. The third-order valence-electron chi connectivity index (χ3n) is 1.98. The molecule has 0 aliphatic carbocycles. The summed E-state index contributed by atoms with van der Waals surface area (Å²) in [6, 6.07) is 0. The zero-order valence-corrected chi connectivity index (χ0v) is 11.7. The third kappa shape index (κ3) is 8.72. The maximum Gasteiger partial charge on any atom is 0.312 e. The van der Waals surface area contributed by atoms with Crippen LogP contribution in [0.3, 0.4) is 0 Å². The Labute approximate surface area is 104 Å². The molecule has 0 radical (unpaired) electrons. The Morgan fingerprint density at radius 3 is 2.06 bits per heavy atom. The van der Waals surface area contributed by atoms with E-state index in [4.69, 9.17) is 9.47 Å². The number of hydrogen-bond donors (Lipinski definition) is 0. The zero-order valence-electron chi connectivity index (χ0n) is 11.7. The highest BCUT2D eigenvalue weighted by Crippen LogP contribution is 2.18. The number of ether oxygens (including phenoxy) is 2. The highest BCUT2D eigenvalue weighted by molar-refractivity contribution is 5.73. The smallest absolute Gasteiger partial charge is 0.312 e. The first kappa shape index (κ1) is 15.9. The van der Waals surface area contributed by atoms with Gasteiger partial charge in [0.1, 0.15) is 12.2 Å². The van der Waals surface area contributed by atoms with Gasteiger partial charge in [0.15, 0.2) is 0 Å². The number of carbonyl (C=O) groups excluding carboxylic acids is 2. The lowest BCUT2D eigenvalue weighted by molar-refractivity contribution is -0.164. The summed E-state index contributed by atoms with van der Waals surface area (Å²) in [7, 11) is 0. The van der Waals surface area contributed by atoms with Crippen LogP contribution in [-0.2, 0) is 19.1 Å². The van der Waals surface area contributed by atoms with Gasteiger partial charge in [-0.3, -0.25) is 9.59 Å². The molecule has 0 aliphatic rings. The van der Waals surface area contributed by atoms with Crippen molar-refractivity contribution in [2.45, 2.75) is 53.6 Å². The molecule has 0 bridgehead atoms. The molecule has 1 unspecified atom stereocenters. The molecule has 17 heavy (non-hydrogen) atoms. The lowest BCUT2D eigenvalue weighted by atomic mass is 9.97. The van der Waals surface area contributed by atoms with E-state index in [2.05, 4.69) is 0 Å². The molecule has 0 N–H and O–H groups in total. The summed E-state index contributed by atoms with van der Waals surface area (Å²) in [5, 5.41) is 0. The van der Waals surface area contributed by atoms with E-state index in [1.807, 2.05) is 34.6 Å². The minimum atomic E-state index is -0.511. The molecular formula is C13H24O4. The summed E-state index contributed by atoms with van der Waals surface area (Å²) in [6.45, 7) is 10.9. The minimum absolute atomic E-state index is 0.0996. The van der Waals surface area contributed by atoms with Crippen molar-refractivity contribution in [2.75, 3.05) is 6.61 Å². The molecule has 0 aliphatic heterocycles. The Morgan fingerprint density at radius 1 is 1.18 bits per heavy atom. The van der Waals surface area contributed by atoms with Crippen LogP contribution in [0.1, 0.15) is 48.0 Å². The van der Waals surface area contributed by atoms with E-state index in [1.54, 1.807) is 0 Å². The summed E-state index contributed by atoms with van der Waals surface area (Å²) >= 11 is 0. The Balaban J connectivity index is 4.45. The second kappa shape index (κ2) is 6.62. The van der Waals surface area contributed by atoms with Crippen molar-refractivity contribution in [3.8, 4) is 0 Å². The highest BCUT2D eigenvalue weighted by atomic mass is 16.6. The standard InChI is InChI=1S/C13H24O4/c1-9(2)7-11(8-16-10(3)14)12(15)17-13(4,5)6/h9,11H,7-8H2,1-6H3. The maximum absolute atomic E-state index is 11.9. The van der Waals surface area contributed by atoms with Crippen LogP contribution in [0.2, 0.25) is 0 Å². The van der Waals surface area contributed by atoms with Crippen molar-refractivity contribution in [1.29, 1.82) is 0 Å². The summed E-state index contributed by atoms with van der Waals surface area (Å²) in [5.74, 6) is -0.698. The van der Waals surface area contributed by atoms with Crippen LogP contribution in [0, 0.1) is 11.8 Å². The lowest BCUT2D eigenvalue weighted by Crippen LogP contribution is -2.32. The maximum atomic E-state index is 11.9. The quantitative estimate of drug-likeness (QED) is 0.697. The summed E-state index contributed by atoms with van der Waals surface area (Å²) < 4.78 is 10.2. The van der Waals surface area contributed by atoms with Crippen LogP contribution in [-0.4, -0.2) is 24.1 Å². The topological polar surface area (TPSA) is 52.6 Å². The van der Waals surface area contributed by atoms with Gasteiger partial charge in [-0.05, 0) is 33.1 Å². The summed E-state index contributed by atoms with van der Waals surface area (Å²) in [4.78, 5) is 22.7. The molecule has 0 fully saturated rings. The van der Waals surface area contributed by atoms with Gasteiger partial charge in [-0.15, -0.1) is 0 Å². The average Bonchev–Trinajstić information content (AvgIpc) is 2.08. The SMILES string of the molecule is CC(=O)OCC(CC(C)C)C(=O)OC(C)(C)C. The van der Waals surface area contributed by atoms with E-state index in [-0.39, 0.29) is 24.5 Å². The number of esters is 2. The van der Waals surface area contributed by atoms with Gasteiger partial charge in [0.25, 0.3) is 0 Å². The van der Waals surface area contributed by atoms with Crippen LogP contribution >= 0.6 is 0 Å². The van der Waals surface area contributed by atoms with Crippen molar-refractivity contribution < 1.29 is 19.1 Å². The molecular weight excluding hydrogens is 220 g/mol. The fraction of sp³-hybridized carbons (Fsp3) is 0.846. The van der Waals surface area contributed by atoms with Crippen molar-refractivity contribution in [2.24, 2.45) is 11.8 Å². The molecule has 0 amide bonds. The van der Waals surface area contributed by atoms with E-state index in [0.29, 0.717) is 12.3 Å². The van der Waals surface area contributed by atoms with Crippen LogP contribution in [0.25, 0.3) is 0 Å². The zero-order chi connectivity index (χ0) is 13.6. The predicted molar refractivity (Wildman–Crippen MR) is 65.4 cm³/mol. The molecule has 4 heteroatoms. The molecule has 0 rings (SSSR count). The molecule has 0 spiro atoms. The van der Waals surface area contributed by atoms with E-state index >= 15 is 0 Å². The first-order valence-corrected chi connectivity index (χ1v) is 5.98. The Morgan fingerprint density at radius 2 is 1.71 bits per heavy atom. The van der Waals surface area contributed by atoms with Gasteiger partial charge < -0.3 is 9.47 Å². The molecule has 0 heterocycles. The van der Waals surface area contributed by atoms with Gasteiger partial charge in [-0.2, -0.15) is 0 Å². The van der Waals surface area contributed by atoms with Crippen LogP contribution in [0.5, 0.6) is 0 Å². The number of hydrogen-bond acceptors (Lipinski definition) is 4. The first-order chi connectivity index (χ1) is 7.61. The van der Waals surface area contributed by atoms with Crippen molar-refractivity contribution in [3.63, 3.8) is 0 Å². The Kier molecular flexibility index (Phi) is 6.21. The normalized spacial score (nSPS) is 13.4. The average molecular weight is 244 g/mol. The van der Waals surface area contributed by atoms with Gasteiger partial charge in [0, 0.05) is 6.92 Å². The van der Waals surface area contributed by atoms with E-state index in [0.717, 1.165) is 0 Å². The molecule has 0 saturated carbocycles. The molecule has 0 saturated heterocycles. The molecule has 4 nitrogen and oxygen atoms in total. The van der Waals surface area contributed by atoms with Crippen molar-refractivity contribution in [3.05, 3.63) is 0 Å². The molecule has 0 aromatic rings. The predicted octanol–water partition coefficient (Wildman–Crippen LogP) is 2.55. The molecule has 1 atom stereocenters. The van der Waals surface area contributed by atoms with Gasteiger partial charge in [0.05, 0.1) is 5.92 Å². The third-order valence-corrected chi connectivity index (χ3v) is 1.98. The van der Waals surface area contributed by atoms with Crippen LogP contribution in [0.15, 0.2) is 0 Å².